The van der Waals surface area contributed by atoms with E-state index in [0.717, 1.165) is 5.56 Å². The van der Waals surface area contributed by atoms with Gasteiger partial charge in [-0.1, -0.05) is 24.3 Å². The molecule has 1 aliphatic rings. The lowest BCUT2D eigenvalue weighted by Crippen LogP contribution is -2.68. The van der Waals surface area contributed by atoms with E-state index in [1.807, 2.05) is 0 Å². The van der Waals surface area contributed by atoms with E-state index in [1.165, 1.54) is 36.4 Å². The lowest BCUT2D eigenvalue weighted by Gasteiger charge is -2.34. The first-order chi connectivity index (χ1) is 12.9. The van der Waals surface area contributed by atoms with Gasteiger partial charge in [0.25, 0.3) is 5.91 Å². The summed E-state index contributed by atoms with van der Waals surface area (Å²) in [6.45, 7) is 0.133. The van der Waals surface area contributed by atoms with Crippen LogP contribution in [0.4, 0.5) is 8.78 Å². The SMILES string of the molecule is O=C1NC(Cc2ccc(F)cc2)NC(C(=O)NCc2ccc(F)cc2)C1O. The molecule has 2 aromatic rings. The number of halogens is 2. The zero-order valence-corrected chi connectivity index (χ0v) is 14.3. The summed E-state index contributed by atoms with van der Waals surface area (Å²) in [5.41, 5.74) is 1.44. The average molecular weight is 375 g/mol. The van der Waals surface area contributed by atoms with Crippen molar-refractivity contribution in [2.45, 2.75) is 31.3 Å². The lowest BCUT2D eigenvalue weighted by atomic mass is 10.0. The minimum absolute atomic E-state index is 0.133. The van der Waals surface area contributed by atoms with Crippen molar-refractivity contribution in [3.05, 3.63) is 71.3 Å². The summed E-state index contributed by atoms with van der Waals surface area (Å²) in [6.07, 6.45) is -1.81. The van der Waals surface area contributed by atoms with E-state index in [-0.39, 0.29) is 18.2 Å². The fourth-order valence-electron chi connectivity index (χ4n) is 2.84. The van der Waals surface area contributed by atoms with E-state index in [9.17, 15) is 23.5 Å². The van der Waals surface area contributed by atoms with Crippen molar-refractivity contribution in [2.75, 3.05) is 0 Å². The van der Waals surface area contributed by atoms with Crippen LogP contribution in [0.1, 0.15) is 11.1 Å². The number of hydrogen-bond acceptors (Lipinski definition) is 4. The number of aliphatic hydroxyl groups excluding tert-OH is 1. The maximum absolute atomic E-state index is 13.0. The largest absolute Gasteiger partial charge is 0.381 e. The Balaban J connectivity index is 1.61. The summed E-state index contributed by atoms with van der Waals surface area (Å²) in [5, 5.41) is 18.1. The Morgan fingerprint density at radius 1 is 1.00 bits per heavy atom. The molecule has 0 saturated carbocycles. The van der Waals surface area contributed by atoms with Crippen LogP contribution in [-0.4, -0.2) is 35.2 Å². The van der Waals surface area contributed by atoms with Crippen LogP contribution in [0, 0.1) is 11.6 Å². The van der Waals surface area contributed by atoms with Crippen LogP contribution in [0.5, 0.6) is 0 Å². The molecule has 3 rings (SSSR count). The molecule has 27 heavy (non-hydrogen) atoms. The van der Waals surface area contributed by atoms with E-state index in [4.69, 9.17) is 0 Å². The molecule has 0 bridgehead atoms. The predicted molar refractivity (Wildman–Crippen MR) is 93.2 cm³/mol. The van der Waals surface area contributed by atoms with Crippen LogP contribution >= 0.6 is 0 Å². The van der Waals surface area contributed by atoms with Gasteiger partial charge >= 0.3 is 0 Å². The minimum atomic E-state index is -1.54. The summed E-state index contributed by atoms with van der Waals surface area (Å²) in [7, 11) is 0. The molecule has 0 aromatic heterocycles. The van der Waals surface area contributed by atoms with Crippen LogP contribution in [0.3, 0.4) is 0 Å². The molecular formula is C19H19F2N3O3. The fraction of sp³-hybridized carbons (Fsp3) is 0.263. The van der Waals surface area contributed by atoms with Crippen molar-refractivity contribution >= 4 is 11.8 Å². The Bertz CT molecular complexity index is 812. The zero-order chi connectivity index (χ0) is 19.4. The van der Waals surface area contributed by atoms with Crippen LogP contribution in [0.25, 0.3) is 0 Å². The Hall–Kier alpha value is -2.84. The molecule has 1 heterocycles. The highest BCUT2D eigenvalue weighted by molar-refractivity contribution is 5.92. The summed E-state index contributed by atoms with van der Waals surface area (Å²) in [5.74, 6) is -1.96. The monoisotopic (exact) mass is 375 g/mol. The first-order valence-electron chi connectivity index (χ1n) is 8.43. The third-order valence-electron chi connectivity index (χ3n) is 4.30. The number of amides is 2. The highest BCUT2D eigenvalue weighted by atomic mass is 19.1. The van der Waals surface area contributed by atoms with Gasteiger partial charge in [-0.15, -0.1) is 0 Å². The molecule has 3 unspecified atom stereocenters. The summed E-state index contributed by atoms with van der Waals surface area (Å²) in [4.78, 5) is 24.4. The summed E-state index contributed by atoms with van der Waals surface area (Å²) < 4.78 is 25.9. The van der Waals surface area contributed by atoms with Crippen molar-refractivity contribution < 1.29 is 23.5 Å². The number of nitrogens with one attached hydrogen (secondary N) is 3. The molecule has 6 nitrogen and oxygen atoms in total. The van der Waals surface area contributed by atoms with Gasteiger partial charge in [0.1, 0.15) is 17.7 Å². The molecule has 142 valence electrons. The minimum Gasteiger partial charge on any atom is -0.381 e. The summed E-state index contributed by atoms with van der Waals surface area (Å²) in [6, 6.07) is 10.3. The van der Waals surface area contributed by atoms with Crippen molar-refractivity contribution in [1.82, 2.24) is 16.0 Å². The second-order valence-electron chi connectivity index (χ2n) is 6.33. The molecule has 1 saturated heterocycles. The van der Waals surface area contributed by atoms with Gasteiger partial charge in [0.15, 0.2) is 6.10 Å². The van der Waals surface area contributed by atoms with Crippen molar-refractivity contribution in [2.24, 2.45) is 0 Å². The molecule has 4 N–H and O–H groups in total. The second kappa shape index (κ2) is 8.24. The Morgan fingerprint density at radius 2 is 1.56 bits per heavy atom. The number of aliphatic hydroxyl groups is 1. The average Bonchev–Trinajstić information content (AvgIpc) is 2.65. The van der Waals surface area contributed by atoms with E-state index in [1.54, 1.807) is 12.1 Å². The predicted octanol–water partition coefficient (Wildman–Crippen LogP) is 0.599. The zero-order valence-electron chi connectivity index (χ0n) is 14.3. The molecule has 2 aromatic carbocycles. The molecule has 0 spiro atoms. The van der Waals surface area contributed by atoms with Crippen LogP contribution < -0.4 is 16.0 Å². The van der Waals surface area contributed by atoms with E-state index >= 15 is 0 Å². The van der Waals surface area contributed by atoms with Gasteiger partial charge in [-0.25, -0.2) is 8.78 Å². The number of carbonyl (C=O) groups is 2. The Kier molecular flexibility index (Phi) is 5.78. The first-order valence-corrected chi connectivity index (χ1v) is 8.43. The van der Waals surface area contributed by atoms with Gasteiger partial charge in [-0.3, -0.25) is 14.9 Å². The molecule has 1 fully saturated rings. The van der Waals surface area contributed by atoms with Crippen LogP contribution in [0.2, 0.25) is 0 Å². The molecule has 1 aliphatic heterocycles. The maximum atomic E-state index is 13.0. The molecule has 0 aliphatic carbocycles. The van der Waals surface area contributed by atoms with Crippen LogP contribution in [-0.2, 0) is 22.6 Å². The van der Waals surface area contributed by atoms with E-state index < -0.39 is 30.1 Å². The quantitative estimate of drug-likeness (QED) is 0.616. The van der Waals surface area contributed by atoms with E-state index in [2.05, 4.69) is 16.0 Å². The van der Waals surface area contributed by atoms with Gasteiger partial charge in [0.05, 0.1) is 6.17 Å². The van der Waals surface area contributed by atoms with Crippen LogP contribution in [0.15, 0.2) is 48.5 Å². The van der Waals surface area contributed by atoms with Crippen molar-refractivity contribution in [3.8, 4) is 0 Å². The lowest BCUT2D eigenvalue weighted by molar-refractivity contribution is -0.142. The van der Waals surface area contributed by atoms with Crippen molar-refractivity contribution in [3.63, 3.8) is 0 Å². The van der Waals surface area contributed by atoms with Gasteiger partial charge in [0.2, 0.25) is 5.91 Å². The highest BCUT2D eigenvalue weighted by Gasteiger charge is 2.38. The summed E-state index contributed by atoms with van der Waals surface area (Å²) >= 11 is 0. The third kappa shape index (κ3) is 4.87. The van der Waals surface area contributed by atoms with Gasteiger partial charge in [-0.05, 0) is 35.4 Å². The number of hydrogen-bond donors (Lipinski definition) is 4. The normalized spacial score (nSPS) is 22.2. The molecule has 8 heteroatoms. The smallest absolute Gasteiger partial charge is 0.252 e. The van der Waals surface area contributed by atoms with Gasteiger partial charge < -0.3 is 15.7 Å². The van der Waals surface area contributed by atoms with Crippen molar-refractivity contribution in [1.29, 1.82) is 0 Å². The Labute approximate surface area is 154 Å². The molecule has 3 atom stereocenters. The first kappa shape index (κ1) is 18.9. The third-order valence-corrected chi connectivity index (χ3v) is 4.30. The Morgan fingerprint density at radius 3 is 2.15 bits per heavy atom. The standard InChI is InChI=1S/C19H19F2N3O3/c20-13-5-1-11(2-6-13)9-15-23-16(17(25)19(27)24-15)18(26)22-10-12-3-7-14(21)8-4-12/h1-8,15-17,23,25H,9-10H2,(H,22,26)(H,24,27). The van der Waals surface area contributed by atoms with Gasteiger partial charge in [0, 0.05) is 13.0 Å². The number of rotatable bonds is 5. The molecule has 2 amide bonds. The van der Waals surface area contributed by atoms with E-state index in [0.29, 0.717) is 12.0 Å². The topological polar surface area (TPSA) is 90.5 Å². The second-order valence-corrected chi connectivity index (χ2v) is 6.33. The highest BCUT2D eigenvalue weighted by Crippen LogP contribution is 2.10. The fourth-order valence-corrected chi connectivity index (χ4v) is 2.84. The molecular weight excluding hydrogens is 356 g/mol. The number of carbonyl (C=O) groups excluding carboxylic acids is 2. The maximum Gasteiger partial charge on any atom is 0.252 e. The van der Waals surface area contributed by atoms with Gasteiger partial charge in [-0.2, -0.15) is 0 Å². The molecule has 0 radical (unpaired) electrons. The number of benzene rings is 2.